The van der Waals surface area contributed by atoms with Crippen LogP contribution in [0.3, 0.4) is 0 Å². The highest BCUT2D eigenvalue weighted by Gasteiger charge is 2.25. The van der Waals surface area contributed by atoms with E-state index in [1.54, 1.807) is 7.05 Å². The molecule has 5 heteroatoms. The molecule has 0 fully saturated rings. The van der Waals surface area contributed by atoms with Crippen LogP contribution in [0.1, 0.15) is 19.4 Å². The number of hydrogen-bond donors (Lipinski definition) is 2. The molecule has 1 aromatic rings. The van der Waals surface area contributed by atoms with E-state index in [4.69, 9.17) is 9.68 Å². The van der Waals surface area contributed by atoms with E-state index < -0.39 is 7.12 Å². The summed E-state index contributed by atoms with van der Waals surface area (Å²) in [5.41, 5.74) is 2.00. The largest absolute Gasteiger partial charge is 0.491 e. The second kappa shape index (κ2) is 9.45. The number of hydrogen-bond acceptors (Lipinski definition) is 3. The molecular weight excluding hydrogens is 229 g/mol. The van der Waals surface area contributed by atoms with Gasteiger partial charge in [0.2, 0.25) is 5.91 Å². The molecule has 18 heavy (non-hydrogen) atoms. The van der Waals surface area contributed by atoms with Crippen LogP contribution in [0.2, 0.25) is 0 Å². The second-order valence-corrected chi connectivity index (χ2v) is 3.18. The molecule has 2 N–H and O–H groups in total. The number of nitrogens with one attached hydrogen (secondary N) is 1. The molecule has 0 saturated heterocycles. The van der Waals surface area contributed by atoms with Crippen molar-refractivity contribution in [2.75, 3.05) is 7.05 Å². The summed E-state index contributed by atoms with van der Waals surface area (Å²) in [5, 5.41) is 11.5. The van der Waals surface area contributed by atoms with Gasteiger partial charge in [-0.3, -0.25) is 4.79 Å². The number of benzene rings is 1. The van der Waals surface area contributed by atoms with Gasteiger partial charge in [0.15, 0.2) is 0 Å². The van der Waals surface area contributed by atoms with Crippen LogP contribution in [0.15, 0.2) is 36.9 Å². The highest BCUT2D eigenvalue weighted by molar-refractivity contribution is 6.61. The molecule has 0 bridgehead atoms. The van der Waals surface area contributed by atoms with Crippen molar-refractivity contribution in [1.29, 1.82) is 0 Å². The minimum absolute atomic E-state index is 0.144. The Morgan fingerprint density at radius 2 is 2.11 bits per heavy atom. The zero-order chi connectivity index (χ0) is 14.0. The number of amides is 1. The van der Waals surface area contributed by atoms with Crippen molar-refractivity contribution in [3.05, 3.63) is 42.5 Å². The van der Waals surface area contributed by atoms with Crippen LogP contribution in [-0.2, 0) is 16.1 Å². The third-order valence-corrected chi connectivity index (χ3v) is 2.15. The van der Waals surface area contributed by atoms with Gasteiger partial charge in [-0.1, -0.05) is 44.7 Å². The molecule has 0 spiro atoms. The van der Waals surface area contributed by atoms with E-state index in [1.165, 1.54) is 6.08 Å². The maximum Gasteiger partial charge on any atom is 0.491 e. The average molecular weight is 249 g/mol. The third-order valence-electron chi connectivity index (χ3n) is 2.15. The van der Waals surface area contributed by atoms with Crippen LogP contribution in [0.25, 0.3) is 0 Å². The molecule has 1 aliphatic rings. The van der Waals surface area contributed by atoms with Crippen LogP contribution in [0.5, 0.6) is 0 Å². The van der Waals surface area contributed by atoms with Crippen molar-refractivity contribution in [3.63, 3.8) is 0 Å². The van der Waals surface area contributed by atoms with Crippen molar-refractivity contribution < 1.29 is 14.5 Å². The van der Waals surface area contributed by atoms with Crippen LogP contribution >= 0.6 is 0 Å². The molecule has 0 unspecified atom stereocenters. The average Bonchev–Trinajstić information content (AvgIpc) is 2.83. The minimum atomic E-state index is -0.698. The van der Waals surface area contributed by atoms with E-state index >= 15 is 0 Å². The summed E-state index contributed by atoms with van der Waals surface area (Å²) in [5.74, 6) is -0.144. The fraction of sp³-hybridized carbons (Fsp3) is 0.308. The summed E-state index contributed by atoms with van der Waals surface area (Å²) in [6.07, 6.45) is 1.22. The topological polar surface area (TPSA) is 58.6 Å². The minimum Gasteiger partial charge on any atom is -0.423 e. The van der Waals surface area contributed by atoms with E-state index in [1.807, 2.05) is 38.1 Å². The first kappa shape index (κ1) is 16.4. The predicted octanol–water partition coefficient (Wildman–Crippen LogP) is 0.849. The van der Waals surface area contributed by atoms with Crippen LogP contribution in [0, 0.1) is 0 Å². The summed E-state index contributed by atoms with van der Waals surface area (Å²) < 4.78 is 4.98. The van der Waals surface area contributed by atoms with Crippen LogP contribution in [0.4, 0.5) is 0 Å². The maximum atomic E-state index is 9.95. The third kappa shape index (κ3) is 5.16. The first-order valence-electron chi connectivity index (χ1n) is 5.90. The van der Waals surface area contributed by atoms with Crippen molar-refractivity contribution in [3.8, 4) is 0 Å². The van der Waals surface area contributed by atoms with Gasteiger partial charge in [-0.05, 0) is 17.1 Å². The first-order chi connectivity index (χ1) is 8.69. The fourth-order valence-corrected chi connectivity index (χ4v) is 1.27. The molecule has 4 nitrogen and oxygen atoms in total. The lowest BCUT2D eigenvalue weighted by molar-refractivity contribution is -0.116. The number of carbonyl (C=O) groups excluding carboxylic acids is 1. The Kier molecular flexibility index (Phi) is 8.61. The molecule has 1 aliphatic heterocycles. The highest BCUT2D eigenvalue weighted by atomic mass is 16.5. The van der Waals surface area contributed by atoms with Gasteiger partial charge in [-0.25, -0.2) is 0 Å². The Bertz CT molecular complexity index is 382. The van der Waals surface area contributed by atoms with E-state index in [9.17, 15) is 4.79 Å². The van der Waals surface area contributed by atoms with E-state index in [2.05, 4.69) is 11.9 Å². The molecular formula is C13H20BNO3. The van der Waals surface area contributed by atoms with Crippen molar-refractivity contribution in [1.82, 2.24) is 5.32 Å². The van der Waals surface area contributed by atoms with Gasteiger partial charge in [0.05, 0.1) is 6.61 Å². The van der Waals surface area contributed by atoms with Gasteiger partial charge >= 0.3 is 7.12 Å². The van der Waals surface area contributed by atoms with Crippen molar-refractivity contribution >= 4 is 18.5 Å². The second-order valence-electron chi connectivity index (χ2n) is 3.18. The smallest absolute Gasteiger partial charge is 0.423 e. The van der Waals surface area contributed by atoms with Crippen LogP contribution in [-0.4, -0.2) is 25.1 Å². The lowest BCUT2D eigenvalue weighted by atomic mass is 9.80. The van der Waals surface area contributed by atoms with E-state index in [0.717, 1.165) is 11.0 Å². The molecule has 98 valence electrons. The summed E-state index contributed by atoms with van der Waals surface area (Å²) in [6.45, 7) is 7.76. The van der Waals surface area contributed by atoms with Gasteiger partial charge in [-0.2, -0.15) is 0 Å². The fourth-order valence-electron chi connectivity index (χ4n) is 1.27. The zero-order valence-corrected chi connectivity index (χ0v) is 11.1. The normalized spacial score (nSPS) is 11.2. The summed E-state index contributed by atoms with van der Waals surface area (Å²) in [7, 11) is 0.862. The zero-order valence-electron chi connectivity index (χ0n) is 11.1. The van der Waals surface area contributed by atoms with Gasteiger partial charge < -0.3 is 15.0 Å². The first-order valence-corrected chi connectivity index (χ1v) is 5.90. The predicted molar refractivity (Wildman–Crippen MR) is 74.4 cm³/mol. The Hall–Kier alpha value is -1.59. The summed E-state index contributed by atoms with van der Waals surface area (Å²) >= 11 is 0. The monoisotopic (exact) mass is 249 g/mol. The molecule has 0 radical (unpaired) electrons. The van der Waals surface area contributed by atoms with Gasteiger partial charge in [-0.15, -0.1) is 0 Å². The number of fused-ring (bicyclic) bond motifs is 1. The lowest BCUT2D eigenvalue weighted by Crippen LogP contribution is -2.27. The van der Waals surface area contributed by atoms with E-state index in [0.29, 0.717) is 6.61 Å². The molecule has 2 rings (SSSR count). The molecule has 0 aliphatic carbocycles. The molecule has 1 heterocycles. The molecule has 0 atom stereocenters. The van der Waals surface area contributed by atoms with Gasteiger partial charge in [0.25, 0.3) is 0 Å². The molecule has 1 amide bonds. The van der Waals surface area contributed by atoms with Crippen LogP contribution < -0.4 is 10.8 Å². The quantitative estimate of drug-likeness (QED) is 0.573. The highest BCUT2D eigenvalue weighted by Crippen LogP contribution is 2.07. The summed E-state index contributed by atoms with van der Waals surface area (Å²) in [4.78, 5) is 9.95. The SMILES string of the molecule is C=CC(=O)NC.CC.OB1OCc2ccccc21. The summed E-state index contributed by atoms with van der Waals surface area (Å²) in [6, 6.07) is 7.69. The number of likely N-dealkylation sites (N-methyl/N-ethyl adjacent to an activating group) is 1. The Balaban J connectivity index is 0.000000315. The standard InChI is InChI=1S/C7H7BO2.C4H7NO.C2H6/c9-8-7-4-2-1-3-6(7)5-10-8;1-3-4(6)5-2;1-2/h1-4,9H,5H2;3H,1H2,2H3,(H,5,6);1-2H3. The maximum absolute atomic E-state index is 9.95. The Morgan fingerprint density at radius 1 is 1.50 bits per heavy atom. The molecule has 0 saturated carbocycles. The number of rotatable bonds is 1. The Morgan fingerprint density at radius 3 is 2.56 bits per heavy atom. The van der Waals surface area contributed by atoms with Crippen molar-refractivity contribution in [2.45, 2.75) is 20.5 Å². The number of carbonyl (C=O) groups is 1. The van der Waals surface area contributed by atoms with E-state index in [-0.39, 0.29) is 5.91 Å². The Labute approximate surface area is 109 Å². The molecule has 0 aromatic heterocycles. The lowest BCUT2D eigenvalue weighted by Gasteiger charge is -1.93. The van der Waals surface area contributed by atoms with Crippen molar-refractivity contribution in [2.24, 2.45) is 0 Å². The molecule has 1 aromatic carbocycles. The van der Waals surface area contributed by atoms with Gasteiger partial charge in [0, 0.05) is 7.05 Å². The van der Waals surface area contributed by atoms with Gasteiger partial charge in [0.1, 0.15) is 0 Å².